The summed E-state index contributed by atoms with van der Waals surface area (Å²) in [5.74, 6) is 0. The third kappa shape index (κ3) is 4.63. The van der Waals surface area contributed by atoms with Gasteiger partial charge in [-0.3, -0.25) is 0 Å². The van der Waals surface area contributed by atoms with Crippen LogP contribution in [0, 0.1) is 0 Å². The molecular formula is C11H26N2OSi. The van der Waals surface area contributed by atoms with E-state index in [9.17, 15) is 0 Å². The molecule has 0 aliphatic carbocycles. The molecule has 0 spiro atoms. The fraction of sp³-hybridized carbons (Fsp3) is 1.00. The summed E-state index contributed by atoms with van der Waals surface area (Å²) in [5.41, 5.74) is 5.56. The van der Waals surface area contributed by atoms with Crippen LogP contribution in [0.3, 0.4) is 0 Å². The highest BCUT2D eigenvalue weighted by molar-refractivity contribution is 6.39. The smallest absolute Gasteiger partial charge is 0.0596 e. The van der Waals surface area contributed by atoms with Crippen molar-refractivity contribution in [2.24, 2.45) is 5.73 Å². The zero-order valence-electron chi connectivity index (χ0n) is 10.1. The van der Waals surface area contributed by atoms with E-state index in [-0.39, 0.29) is 9.52 Å². The molecule has 3 nitrogen and oxygen atoms in total. The minimum absolute atomic E-state index is 0.115. The van der Waals surface area contributed by atoms with Crippen LogP contribution in [0.1, 0.15) is 32.1 Å². The predicted molar refractivity (Wildman–Crippen MR) is 68.1 cm³/mol. The lowest BCUT2D eigenvalue weighted by atomic mass is 10.1. The zero-order chi connectivity index (χ0) is 11.0. The van der Waals surface area contributed by atoms with Gasteiger partial charge in [-0.05, 0) is 52.2 Å². The topological polar surface area (TPSA) is 47.3 Å². The van der Waals surface area contributed by atoms with Crippen LogP contribution in [-0.2, 0) is 4.74 Å². The SMILES string of the molecule is CNCCC1([SiH2]CCCN)CCCCO1. The first-order valence-corrected chi connectivity index (χ1v) is 8.02. The molecule has 15 heavy (non-hydrogen) atoms. The molecule has 1 atom stereocenters. The minimum atomic E-state index is -0.115. The maximum Gasteiger partial charge on any atom is 0.0596 e. The van der Waals surface area contributed by atoms with Crippen LogP contribution in [0.5, 0.6) is 0 Å². The summed E-state index contributed by atoms with van der Waals surface area (Å²) in [6.45, 7) is 2.92. The van der Waals surface area contributed by atoms with Gasteiger partial charge in [0.05, 0.1) is 14.7 Å². The number of rotatable bonds is 7. The molecule has 1 rings (SSSR count). The number of hydrogen-bond acceptors (Lipinski definition) is 3. The standard InChI is InChI=1S/C11H26N2OSi/c1-13-8-6-11(15-10-4-7-12)5-2-3-9-14-11/h13H,2-10,12,15H2,1H3. The van der Waals surface area contributed by atoms with Crippen LogP contribution in [0.4, 0.5) is 0 Å². The molecule has 1 unspecified atom stereocenters. The van der Waals surface area contributed by atoms with Crippen molar-refractivity contribution in [3.63, 3.8) is 0 Å². The molecule has 1 saturated heterocycles. The van der Waals surface area contributed by atoms with E-state index in [1.165, 1.54) is 38.1 Å². The summed E-state index contributed by atoms with van der Waals surface area (Å²) in [7, 11) is 1.91. The van der Waals surface area contributed by atoms with Crippen LogP contribution in [0.15, 0.2) is 0 Å². The van der Waals surface area contributed by atoms with Gasteiger partial charge in [-0.25, -0.2) is 0 Å². The molecule has 1 heterocycles. The van der Waals surface area contributed by atoms with Crippen molar-refractivity contribution in [3.8, 4) is 0 Å². The van der Waals surface area contributed by atoms with Gasteiger partial charge in [-0.1, -0.05) is 6.04 Å². The molecule has 0 aromatic heterocycles. The first-order chi connectivity index (χ1) is 7.33. The van der Waals surface area contributed by atoms with Gasteiger partial charge in [-0.15, -0.1) is 0 Å². The van der Waals surface area contributed by atoms with Gasteiger partial charge in [0.25, 0.3) is 0 Å². The Balaban J connectivity index is 2.35. The monoisotopic (exact) mass is 230 g/mol. The second kappa shape index (κ2) is 7.38. The number of nitrogens with one attached hydrogen (secondary N) is 1. The van der Waals surface area contributed by atoms with Gasteiger partial charge in [0, 0.05) is 6.61 Å². The zero-order valence-corrected chi connectivity index (χ0v) is 11.5. The van der Waals surface area contributed by atoms with Crippen molar-refractivity contribution in [3.05, 3.63) is 0 Å². The maximum atomic E-state index is 6.10. The molecule has 1 fully saturated rings. The summed E-state index contributed by atoms with van der Waals surface area (Å²) >= 11 is 0. The Morgan fingerprint density at radius 2 is 2.33 bits per heavy atom. The average molecular weight is 230 g/mol. The summed E-state index contributed by atoms with van der Waals surface area (Å²) < 4.78 is 6.10. The van der Waals surface area contributed by atoms with Crippen LogP contribution in [-0.4, -0.2) is 41.5 Å². The highest BCUT2D eigenvalue weighted by atomic mass is 28.2. The van der Waals surface area contributed by atoms with E-state index in [0.717, 1.165) is 19.7 Å². The van der Waals surface area contributed by atoms with Crippen molar-refractivity contribution >= 4 is 9.52 Å². The molecule has 0 saturated carbocycles. The molecule has 0 bridgehead atoms. The van der Waals surface area contributed by atoms with E-state index < -0.39 is 0 Å². The van der Waals surface area contributed by atoms with Gasteiger partial charge in [0.2, 0.25) is 0 Å². The summed E-state index contributed by atoms with van der Waals surface area (Å²) in [5, 5.41) is 3.55. The Morgan fingerprint density at radius 1 is 1.47 bits per heavy atom. The van der Waals surface area contributed by atoms with Gasteiger partial charge in [-0.2, -0.15) is 0 Å². The Labute approximate surface area is 96.0 Å². The van der Waals surface area contributed by atoms with E-state index in [1.54, 1.807) is 0 Å². The van der Waals surface area contributed by atoms with Gasteiger partial charge < -0.3 is 15.8 Å². The number of ether oxygens (including phenoxy) is 1. The second-order valence-corrected chi connectivity index (χ2v) is 7.08. The van der Waals surface area contributed by atoms with E-state index in [1.807, 2.05) is 7.05 Å². The van der Waals surface area contributed by atoms with Crippen LogP contribution < -0.4 is 11.1 Å². The predicted octanol–water partition coefficient (Wildman–Crippen LogP) is 0.429. The highest BCUT2D eigenvalue weighted by Gasteiger charge is 2.31. The van der Waals surface area contributed by atoms with E-state index in [2.05, 4.69) is 5.32 Å². The van der Waals surface area contributed by atoms with Gasteiger partial charge >= 0.3 is 0 Å². The Hall–Kier alpha value is 0.0969. The average Bonchev–Trinajstić information content (AvgIpc) is 2.28. The Kier molecular flexibility index (Phi) is 6.48. The Bertz CT molecular complexity index is 161. The molecule has 0 aromatic carbocycles. The van der Waals surface area contributed by atoms with Gasteiger partial charge in [0.15, 0.2) is 0 Å². The molecule has 0 radical (unpaired) electrons. The van der Waals surface area contributed by atoms with Crippen LogP contribution >= 0.6 is 0 Å². The van der Waals surface area contributed by atoms with Crippen molar-refractivity contribution in [1.29, 1.82) is 0 Å². The fourth-order valence-electron chi connectivity index (χ4n) is 2.37. The third-order valence-corrected chi connectivity index (χ3v) is 6.03. The molecule has 4 heteroatoms. The van der Waals surface area contributed by atoms with Gasteiger partial charge in [0.1, 0.15) is 0 Å². The summed E-state index contributed by atoms with van der Waals surface area (Å²) in [4.78, 5) is 0. The van der Waals surface area contributed by atoms with Crippen molar-refractivity contribution in [1.82, 2.24) is 5.32 Å². The second-order valence-electron chi connectivity index (χ2n) is 4.59. The van der Waals surface area contributed by atoms with E-state index in [0.29, 0.717) is 5.22 Å². The van der Waals surface area contributed by atoms with Crippen molar-refractivity contribution in [2.45, 2.75) is 43.4 Å². The van der Waals surface area contributed by atoms with E-state index >= 15 is 0 Å². The summed E-state index contributed by atoms with van der Waals surface area (Å²) in [6.07, 6.45) is 6.31. The maximum absolute atomic E-state index is 6.10. The number of nitrogens with two attached hydrogens (primary N) is 1. The van der Waals surface area contributed by atoms with Crippen LogP contribution in [0.25, 0.3) is 0 Å². The highest BCUT2D eigenvalue weighted by Crippen LogP contribution is 2.28. The van der Waals surface area contributed by atoms with E-state index in [4.69, 9.17) is 10.5 Å². The first kappa shape index (κ1) is 13.2. The molecule has 0 aromatic rings. The minimum Gasteiger partial charge on any atom is -0.379 e. The third-order valence-electron chi connectivity index (χ3n) is 3.35. The lowest BCUT2D eigenvalue weighted by molar-refractivity contribution is -0.0248. The lowest BCUT2D eigenvalue weighted by Crippen LogP contribution is -2.44. The lowest BCUT2D eigenvalue weighted by Gasteiger charge is -2.37. The molecule has 1 aliphatic rings. The molecule has 3 N–H and O–H groups in total. The first-order valence-electron chi connectivity index (χ1n) is 6.32. The normalized spacial score (nSPS) is 27.6. The fourth-order valence-corrected chi connectivity index (χ4v) is 4.77. The molecule has 0 amide bonds. The van der Waals surface area contributed by atoms with Crippen molar-refractivity contribution < 1.29 is 4.74 Å². The number of hydrogen-bond donors (Lipinski definition) is 2. The van der Waals surface area contributed by atoms with Crippen LogP contribution in [0.2, 0.25) is 6.04 Å². The molecule has 90 valence electrons. The molecule has 1 aliphatic heterocycles. The van der Waals surface area contributed by atoms with Crippen molar-refractivity contribution in [2.75, 3.05) is 26.7 Å². The largest absolute Gasteiger partial charge is 0.379 e. The summed E-state index contributed by atoms with van der Waals surface area (Å²) in [6, 6.07) is 1.35. The molecular weight excluding hydrogens is 204 g/mol. The quantitative estimate of drug-likeness (QED) is 0.492. The Morgan fingerprint density at radius 3 is 2.93 bits per heavy atom.